The van der Waals surface area contributed by atoms with Crippen LogP contribution in [0.15, 0.2) is 41.7 Å². The van der Waals surface area contributed by atoms with Gasteiger partial charge < -0.3 is 4.74 Å². The SMILES string of the molecule is C=N/C=C(\C=C\[B]C)c1cncc(C(=O)OC)c1. The number of hydrogen-bond donors (Lipinski definition) is 0. The topological polar surface area (TPSA) is 51.5 Å². The van der Waals surface area contributed by atoms with Crippen LogP contribution in [0.5, 0.6) is 0 Å². The predicted octanol–water partition coefficient (Wildman–Crippen LogP) is 2.18. The molecule has 0 unspecified atom stereocenters. The van der Waals surface area contributed by atoms with Crippen molar-refractivity contribution in [3.8, 4) is 0 Å². The molecule has 0 saturated carbocycles. The van der Waals surface area contributed by atoms with E-state index in [2.05, 4.69) is 21.4 Å². The van der Waals surface area contributed by atoms with Gasteiger partial charge in [0.1, 0.15) is 7.28 Å². The van der Waals surface area contributed by atoms with Crippen LogP contribution in [0.3, 0.4) is 0 Å². The van der Waals surface area contributed by atoms with Crippen LogP contribution in [0, 0.1) is 0 Å². The van der Waals surface area contributed by atoms with Gasteiger partial charge in [-0.3, -0.25) is 9.98 Å². The summed E-state index contributed by atoms with van der Waals surface area (Å²) in [5.41, 5.74) is 2.00. The molecule has 4 nitrogen and oxygen atoms in total. The molecule has 0 aliphatic heterocycles. The molecule has 0 spiro atoms. The summed E-state index contributed by atoms with van der Waals surface area (Å²) in [5, 5.41) is 0. The first-order chi connectivity index (χ1) is 8.72. The Morgan fingerprint density at radius 3 is 2.83 bits per heavy atom. The molecule has 18 heavy (non-hydrogen) atoms. The predicted molar refractivity (Wildman–Crippen MR) is 73.9 cm³/mol. The summed E-state index contributed by atoms with van der Waals surface area (Å²) in [6, 6.07) is 1.70. The van der Waals surface area contributed by atoms with Crippen LogP contribution < -0.4 is 0 Å². The highest BCUT2D eigenvalue weighted by Crippen LogP contribution is 2.16. The van der Waals surface area contributed by atoms with E-state index in [-0.39, 0.29) is 0 Å². The second-order valence-corrected chi connectivity index (χ2v) is 3.41. The number of carbonyl (C=O) groups is 1. The van der Waals surface area contributed by atoms with Gasteiger partial charge in [0.2, 0.25) is 0 Å². The van der Waals surface area contributed by atoms with Gasteiger partial charge in [0.05, 0.1) is 12.7 Å². The zero-order chi connectivity index (χ0) is 13.4. The Balaban J connectivity index is 3.13. The number of carbonyl (C=O) groups excluding carboxylic acids is 1. The molecule has 1 radical (unpaired) electrons. The maximum Gasteiger partial charge on any atom is 0.339 e. The van der Waals surface area contributed by atoms with Crippen LogP contribution in [0.4, 0.5) is 0 Å². The third-order valence-corrected chi connectivity index (χ3v) is 2.19. The molecule has 0 atom stereocenters. The monoisotopic (exact) mass is 241 g/mol. The number of esters is 1. The molecular formula is C13H14BN2O2. The molecule has 1 aromatic heterocycles. The van der Waals surface area contributed by atoms with E-state index in [1.54, 1.807) is 18.5 Å². The highest BCUT2D eigenvalue weighted by Gasteiger charge is 2.07. The Labute approximate surface area is 107 Å². The highest BCUT2D eigenvalue weighted by molar-refractivity contribution is 6.40. The van der Waals surface area contributed by atoms with Gasteiger partial charge in [0, 0.05) is 29.7 Å². The van der Waals surface area contributed by atoms with Gasteiger partial charge in [-0.25, -0.2) is 4.79 Å². The summed E-state index contributed by atoms with van der Waals surface area (Å²) < 4.78 is 4.65. The zero-order valence-corrected chi connectivity index (χ0v) is 10.5. The quantitative estimate of drug-likeness (QED) is 0.343. The normalized spacial score (nSPS) is 11.3. The Kier molecular flexibility index (Phi) is 5.57. The number of methoxy groups -OCH3 is 1. The van der Waals surface area contributed by atoms with Crippen molar-refractivity contribution < 1.29 is 9.53 Å². The van der Waals surface area contributed by atoms with Crippen molar-refractivity contribution in [2.24, 2.45) is 4.99 Å². The fourth-order valence-electron chi connectivity index (χ4n) is 1.34. The van der Waals surface area contributed by atoms with Gasteiger partial charge >= 0.3 is 5.97 Å². The third kappa shape index (κ3) is 3.70. The molecule has 0 fully saturated rings. The van der Waals surface area contributed by atoms with Gasteiger partial charge in [0.15, 0.2) is 0 Å². The summed E-state index contributed by atoms with van der Waals surface area (Å²) in [4.78, 5) is 19.2. The van der Waals surface area contributed by atoms with Crippen LogP contribution >= 0.6 is 0 Å². The first-order valence-electron chi connectivity index (χ1n) is 5.38. The molecule has 0 N–H and O–H groups in total. The smallest absolute Gasteiger partial charge is 0.339 e. The number of hydrogen-bond acceptors (Lipinski definition) is 4. The lowest BCUT2D eigenvalue weighted by atomic mass is 9.81. The molecule has 91 valence electrons. The standard InChI is InChI=1S/C13H14BN2O2/c1-14-5-4-10(7-15-2)11-6-12(9-16-8-11)13(17)18-3/h4-9H,2H2,1,3H3/b5-4+,10-7+. The maximum atomic E-state index is 11.4. The summed E-state index contributed by atoms with van der Waals surface area (Å²) in [6.07, 6.45) is 6.60. The minimum Gasteiger partial charge on any atom is -0.465 e. The molecule has 0 aromatic carbocycles. The molecule has 1 heterocycles. The van der Waals surface area contributed by atoms with E-state index in [0.717, 1.165) is 11.1 Å². The first kappa shape index (κ1) is 13.9. The number of rotatable bonds is 5. The summed E-state index contributed by atoms with van der Waals surface area (Å²) in [6.45, 7) is 5.34. The van der Waals surface area contributed by atoms with Crippen molar-refractivity contribution in [3.05, 3.63) is 47.8 Å². The molecule has 5 heteroatoms. The molecular weight excluding hydrogens is 227 g/mol. The van der Waals surface area contributed by atoms with Gasteiger partial charge in [-0.15, -0.1) is 5.98 Å². The number of aromatic nitrogens is 1. The number of pyridine rings is 1. The fourth-order valence-corrected chi connectivity index (χ4v) is 1.34. The van der Waals surface area contributed by atoms with E-state index in [1.807, 2.05) is 26.2 Å². The molecule has 1 rings (SSSR count). The van der Waals surface area contributed by atoms with Crippen LogP contribution in [-0.4, -0.2) is 32.1 Å². The van der Waals surface area contributed by atoms with E-state index in [0.29, 0.717) is 5.56 Å². The Bertz CT molecular complexity index is 496. The van der Waals surface area contributed by atoms with Gasteiger partial charge in [-0.1, -0.05) is 12.9 Å². The Morgan fingerprint density at radius 1 is 1.50 bits per heavy atom. The van der Waals surface area contributed by atoms with E-state index in [9.17, 15) is 4.79 Å². The van der Waals surface area contributed by atoms with Gasteiger partial charge in [-0.05, 0) is 12.8 Å². The second kappa shape index (κ2) is 7.22. The average Bonchev–Trinajstić information content (AvgIpc) is 2.42. The minimum absolute atomic E-state index is 0.402. The lowest BCUT2D eigenvalue weighted by Gasteiger charge is -2.04. The second-order valence-electron chi connectivity index (χ2n) is 3.41. The van der Waals surface area contributed by atoms with Crippen molar-refractivity contribution in [1.82, 2.24) is 4.98 Å². The fraction of sp³-hybridized carbons (Fsp3) is 0.154. The number of allylic oxidation sites excluding steroid dienone is 2. The van der Waals surface area contributed by atoms with E-state index in [4.69, 9.17) is 0 Å². The average molecular weight is 241 g/mol. The van der Waals surface area contributed by atoms with Gasteiger partial charge in [0.25, 0.3) is 0 Å². The lowest BCUT2D eigenvalue weighted by Crippen LogP contribution is -2.02. The largest absolute Gasteiger partial charge is 0.465 e. The number of aliphatic imine (C=N–C) groups is 1. The lowest BCUT2D eigenvalue weighted by molar-refractivity contribution is 0.0600. The van der Waals surface area contributed by atoms with Crippen molar-refractivity contribution >= 4 is 25.5 Å². The van der Waals surface area contributed by atoms with Crippen LogP contribution in [-0.2, 0) is 4.74 Å². The summed E-state index contributed by atoms with van der Waals surface area (Å²) >= 11 is 0. The van der Waals surface area contributed by atoms with E-state index < -0.39 is 5.97 Å². The Hall–Kier alpha value is -2.17. The van der Waals surface area contributed by atoms with Crippen LogP contribution in [0.1, 0.15) is 15.9 Å². The minimum atomic E-state index is -0.415. The van der Waals surface area contributed by atoms with Crippen molar-refractivity contribution in [1.29, 1.82) is 0 Å². The molecule has 0 aliphatic rings. The highest BCUT2D eigenvalue weighted by atomic mass is 16.5. The van der Waals surface area contributed by atoms with Crippen molar-refractivity contribution in [3.63, 3.8) is 0 Å². The first-order valence-corrected chi connectivity index (χ1v) is 5.38. The summed E-state index contributed by atoms with van der Waals surface area (Å²) in [5.74, 6) is 1.46. The van der Waals surface area contributed by atoms with Crippen molar-refractivity contribution in [2.45, 2.75) is 6.82 Å². The maximum absolute atomic E-state index is 11.4. The van der Waals surface area contributed by atoms with Crippen LogP contribution in [0.25, 0.3) is 5.57 Å². The number of ether oxygens (including phenoxy) is 1. The van der Waals surface area contributed by atoms with E-state index >= 15 is 0 Å². The molecule has 0 bridgehead atoms. The Morgan fingerprint density at radius 2 is 2.22 bits per heavy atom. The molecule has 0 amide bonds. The zero-order valence-electron chi connectivity index (χ0n) is 10.5. The van der Waals surface area contributed by atoms with Crippen molar-refractivity contribution in [2.75, 3.05) is 7.11 Å². The molecule has 1 aromatic rings. The van der Waals surface area contributed by atoms with E-state index in [1.165, 1.54) is 13.3 Å². The van der Waals surface area contributed by atoms with Gasteiger partial charge in [-0.2, -0.15) is 0 Å². The number of nitrogens with zero attached hydrogens (tertiary/aromatic N) is 2. The molecule has 0 aliphatic carbocycles. The molecule has 0 saturated heterocycles. The summed E-state index contributed by atoms with van der Waals surface area (Å²) in [7, 11) is 3.23. The van der Waals surface area contributed by atoms with Crippen LogP contribution in [0.2, 0.25) is 6.82 Å². The third-order valence-electron chi connectivity index (χ3n) is 2.19.